The minimum absolute atomic E-state index is 0. The Balaban J connectivity index is 0.00000338. The smallest absolute Gasteiger partial charge is 0.247 e. The van der Waals surface area contributed by atoms with Crippen molar-refractivity contribution in [1.82, 2.24) is 30.4 Å². The van der Waals surface area contributed by atoms with Crippen LogP contribution in [0.3, 0.4) is 0 Å². The third kappa shape index (κ3) is 9.25. The Hall–Kier alpha value is -3.91. The molecule has 0 saturated carbocycles. The molecule has 13 nitrogen and oxygen atoms in total. The fourth-order valence-electron chi connectivity index (χ4n) is 6.14. The zero-order valence-electron chi connectivity index (χ0n) is 29.9. The van der Waals surface area contributed by atoms with Gasteiger partial charge in [0.25, 0.3) is 0 Å². The quantitative estimate of drug-likeness (QED) is 0.241. The average molecular weight is 733 g/mol. The van der Waals surface area contributed by atoms with E-state index in [0.717, 1.165) is 31.9 Å². The first-order valence-corrected chi connectivity index (χ1v) is 16.6. The number of likely N-dealkylation sites (N-methyl/N-ethyl adjacent to an activating group) is 2. The van der Waals surface area contributed by atoms with E-state index in [9.17, 15) is 14.4 Å². The van der Waals surface area contributed by atoms with Gasteiger partial charge in [-0.15, -0.1) is 24.8 Å². The molecule has 2 aromatic carbocycles. The van der Waals surface area contributed by atoms with Crippen LogP contribution in [0, 0.1) is 5.41 Å². The van der Waals surface area contributed by atoms with Crippen LogP contribution in [0.5, 0.6) is 5.75 Å². The second-order valence-electron chi connectivity index (χ2n) is 13.8. The number of piperazine rings is 1. The maximum Gasteiger partial charge on any atom is 0.247 e. The summed E-state index contributed by atoms with van der Waals surface area (Å²) in [5, 5.41) is 12.9. The number of benzene rings is 2. The van der Waals surface area contributed by atoms with Gasteiger partial charge < -0.3 is 40.7 Å². The van der Waals surface area contributed by atoms with Gasteiger partial charge in [0.05, 0.1) is 24.4 Å². The van der Waals surface area contributed by atoms with Crippen molar-refractivity contribution in [2.75, 3.05) is 69.5 Å². The first-order chi connectivity index (χ1) is 22.9. The molecule has 3 heterocycles. The summed E-state index contributed by atoms with van der Waals surface area (Å²) in [4.78, 5) is 55.8. The lowest BCUT2D eigenvalue weighted by Crippen LogP contribution is -2.59. The van der Waals surface area contributed by atoms with E-state index in [4.69, 9.17) is 4.74 Å². The summed E-state index contributed by atoms with van der Waals surface area (Å²) in [7, 11) is 5.37. The number of halogens is 2. The molecule has 5 rings (SSSR count). The second kappa shape index (κ2) is 17.3. The molecule has 2 fully saturated rings. The predicted octanol–water partition coefficient (Wildman–Crippen LogP) is 4.05. The lowest BCUT2D eigenvalue weighted by Gasteiger charge is -2.36. The van der Waals surface area contributed by atoms with Gasteiger partial charge in [-0.05, 0) is 69.6 Å². The van der Waals surface area contributed by atoms with E-state index in [1.807, 2.05) is 32.9 Å². The van der Waals surface area contributed by atoms with Crippen LogP contribution in [0.25, 0.3) is 10.9 Å². The summed E-state index contributed by atoms with van der Waals surface area (Å²) in [6, 6.07) is 9.87. The molecule has 0 unspecified atom stereocenters. The molecule has 1 aromatic heterocycles. The average Bonchev–Trinajstić information content (AvgIpc) is 3.57. The van der Waals surface area contributed by atoms with Crippen LogP contribution in [0.15, 0.2) is 42.7 Å². The van der Waals surface area contributed by atoms with E-state index in [2.05, 4.69) is 60.2 Å². The number of likely N-dealkylation sites (tertiary alicyclic amines) is 1. The molecule has 2 aliphatic heterocycles. The van der Waals surface area contributed by atoms with Crippen molar-refractivity contribution in [2.24, 2.45) is 5.41 Å². The van der Waals surface area contributed by atoms with Gasteiger partial charge in [0, 0.05) is 55.6 Å². The number of nitrogens with one attached hydrogen (secondary N) is 4. The molecule has 50 heavy (non-hydrogen) atoms. The number of aromatic nitrogens is 2. The third-order valence-corrected chi connectivity index (χ3v) is 9.28. The highest BCUT2D eigenvalue weighted by Gasteiger charge is 2.42. The van der Waals surface area contributed by atoms with Gasteiger partial charge in [0.2, 0.25) is 17.7 Å². The maximum absolute atomic E-state index is 13.9. The van der Waals surface area contributed by atoms with Crippen molar-refractivity contribution in [3.05, 3.63) is 42.7 Å². The fourth-order valence-corrected chi connectivity index (χ4v) is 6.14. The molecular weight excluding hydrogens is 681 g/mol. The van der Waals surface area contributed by atoms with E-state index in [0.29, 0.717) is 47.5 Å². The number of hydrogen-bond acceptors (Lipinski definition) is 10. The SMILES string of the molecule is CN[C@@H](C)C(=O)N[C@H](C(=O)N1CCC[C@H]1C(=O)Nc1cc2c(Nc3ccc(N4CCN(C)CC4)cc3)ncnc2cc1OC)C(C)(C)C.Cl.Cl. The van der Waals surface area contributed by atoms with E-state index in [1.165, 1.54) is 19.1 Å². The molecule has 0 spiro atoms. The van der Waals surface area contributed by atoms with Crippen molar-refractivity contribution in [2.45, 2.75) is 58.7 Å². The topological polar surface area (TPSA) is 144 Å². The minimum atomic E-state index is -0.800. The van der Waals surface area contributed by atoms with Crippen molar-refractivity contribution < 1.29 is 19.1 Å². The van der Waals surface area contributed by atoms with Crippen molar-refractivity contribution in [1.29, 1.82) is 0 Å². The first-order valence-electron chi connectivity index (χ1n) is 16.6. The number of carbonyl (C=O) groups is 3. The zero-order valence-corrected chi connectivity index (χ0v) is 31.5. The van der Waals surface area contributed by atoms with Crippen molar-refractivity contribution >= 4 is 76.3 Å². The van der Waals surface area contributed by atoms with Gasteiger partial charge in [-0.25, -0.2) is 9.97 Å². The first kappa shape index (κ1) is 40.5. The Kier molecular flexibility index (Phi) is 14.1. The van der Waals surface area contributed by atoms with Crippen LogP contribution in [0.2, 0.25) is 0 Å². The minimum Gasteiger partial charge on any atom is -0.494 e. The number of nitrogens with zero attached hydrogens (tertiary/aromatic N) is 5. The lowest BCUT2D eigenvalue weighted by molar-refractivity contribution is -0.143. The highest BCUT2D eigenvalue weighted by molar-refractivity contribution is 6.03. The number of anilines is 4. The number of methoxy groups -OCH3 is 1. The monoisotopic (exact) mass is 731 g/mol. The van der Waals surface area contributed by atoms with Gasteiger partial charge in [0.15, 0.2) is 0 Å². The number of rotatable bonds is 10. The number of fused-ring (bicyclic) bond motifs is 1. The lowest BCUT2D eigenvalue weighted by atomic mass is 9.85. The molecule has 0 aliphatic carbocycles. The molecule has 15 heteroatoms. The fraction of sp³-hybridized carbons (Fsp3) is 0.514. The Labute approximate surface area is 307 Å². The van der Waals surface area contributed by atoms with E-state index in [-0.39, 0.29) is 42.5 Å². The molecule has 2 saturated heterocycles. The van der Waals surface area contributed by atoms with Gasteiger partial charge >= 0.3 is 0 Å². The summed E-state index contributed by atoms with van der Waals surface area (Å²) in [5.41, 5.74) is 2.58. The molecule has 0 radical (unpaired) electrons. The second-order valence-corrected chi connectivity index (χ2v) is 13.8. The van der Waals surface area contributed by atoms with Crippen LogP contribution in [-0.4, -0.2) is 110 Å². The molecule has 274 valence electrons. The normalized spacial score (nSPS) is 17.6. The highest BCUT2D eigenvalue weighted by atomic mass is 35.5. The molecule has 0 bridgehead atoms. The largest absolute Gasteiger partial charge is 0.494 e. The van der Waals surface area contributed by atoms with Crippen molar-refractivity contribution in [3.63, 3.8) is 0 Å². The molecule has 3 aromatic rings. The van der Waals surface area contributed by atoms with Crippen LogP contribution < -0.4 is 30.9 Å². The highest BCUT2D eigenvalue weighted by Crippen LogP contribution is 2.34. The van der Waals surface area contributed by atoms with E-state index < -0.39 is 23.5 Å². The number of hydrogen-bond donors (Lipinski definition) is 4. The van der Waals surface area contributed by atoms with E-state index in [1.54, 1.807) is 31.0 Å². The molecular formula is C35H51Cl2N9O4. The van der Waals surface area contributed by atoms with Gasteiger partial charge in [0.1, 0.15) is 30.0 Å². The number of amides is 3. The Morgan fingerprint density at radius 3 is 2.28 bits per heavy atom. The number of carbonyl (C=O) groups excluding carboxylic acids is 3. The molecule has 3 atom stereocenters. The van der Waals surface area contributed by atoms with Gasteiger partial charge in [-0.3, -0.25) is 14.4 Å². The van der Waals surface area contributed by atoms with Crippen LogP contribution in [-0.2, 0) is 14.4 Å². The zero-order chi connectivity index (χ0) is 34.6. The number of ether oxygens (including phenoxy) is 1. The third-order valence-electron chi connectivity index (χ3n) is 9.28. The Bertz CT molecular complexity index is 1630. The maximum atomic E-state index is 13.9. The standard InChI is InChI=1S/C35H49N9O4.2ClH/c1-22(36-5)32(45)41-30(35(2,3)4)34(47)44-14-8-9-28(44)33(46)40-27-19-25-26(20-29(27)48-7)37-21-38-31(25)39-23-10-12-24(13-11-23)43-17-15-42(6)16-18-43;;/h10-13,19-22,28,30,36H,8-9,14-18H2,1-7H3,(H,40,46)(H,41,45)(H,37,38,39);2*1H/t22-,28-,30+;;/m0../s1. The summed E-state index contributed by atoms with van der Waals surface area (Å²) >= 11 is 0. The van der Waals surface area contributed by atoms with Crippen LogP contribution in [0.4, 0.5) is 22.9 Å². The summed E-state index contributed by atoms with van der Waals surface area (Å²) in [6.45, 7) is 11.9. The van der Waals surface area contributed by atoms with Gasteiger partial charge in [-0.2, -0.15) is 0 Å². The summed E-state index contributed by atoms with van der Waals surface area (Å²) < 4.78 is 5.65. The summed E-state index contributed by atoms with van der Waals surface area (Å²) in [5.74, 6) is 0.147. The summed E-state index contributed by atoms with van der Waals surface area (Å²) in [6.07, 6.45) is 2.67. The van der Waals surface area contributed by atoms with Gasteiger partial charge in [-0.1, -0.05) is 20.8 Å². The Morgan fingerprint density at radius 1 is 0.980 bits per heavy atom. The molecule has 3 amide bonds. The van der Waals surface area contributed by atoms with Crippen LogP contribution in [0.1, 0.15) is 40.5 Å². The predicted molar refractivity (Wildman–Crippen MR) is 203 cm³/mol. The Morgan fingerprint density at radius 2 is 1.66 bits per heavy atom. The van der Waals surface area contributed by atoms with Crippen molar-refractivity contribution in [3.8, 4) is 5.75 Å². The van der Waals surface area contributed by atoms with Crippen LogP contribution >= 0.6 is 24.8 Å². The molecule has 4 N–H and O–H groups in total. The van der Waals surface area contributed by atoms with E-state index >= 15 is 0 Å². The molecule has 2 aliphatic rings.